The summed E-state index contributed by atoms with van der Waals surface area (Å²) in [5, 5.41) is 0. The molecule has 7 heteroatoms. The van der Waals surface area contributed by atoms with Crippen LogP contribution in [0.4, 0.5) is 5.82 Å². The highest BCUT2D eigenvalue weighted by Gasteiger charge is 2.25. The Morgan fingerprint density at radius 2 is 2.04 bits per heavy atom. The molecular weight excluding hydrogens is 356 g/mol. The molecule has 0 spiro atoms. The van der Waals surface area contributed by atoms with E-state index in [9.17, 15) is 4.79 Å². The fourth-order valence-corrected chi connectivity index (χ4v) is 3.66. The number of nitrogens with zero attached hydrogens (tertiary/aromatic N) is 4. The summed E-state index contributed by atoms with van der Waals surface area (Å²) in [5.41, 5.74) is 0.617. The number of aromatic nitrogens is 2. The first kappa shape index (κ1) is 18.7. The Balaban J connectivity index is 1.38. The Morgan fingerprint density at radius 1 is 1.21 bits per heavy atom. The van der Waals surface area contributed by atoms with E-state index in [0.29, 0.717) is 31.0 Å². The van der Waals surface area contributed by atoms with Gasteiger partial charge in [-0.25, -0.2) is 9.97 Å². The molecular formula is C21H26N4O3. The average Bonchev–Trinajstić information content (AvgIpc) is 3.26. The minimum Gasteiger partial charge on any atom is -0.490 e. The highest BCUT2D eigenvalue weighted by Crippen LogP contribution is 2.23. The number of aryl methyl sites for hydroxylation is 1. The molecule has 2 aliphatic heterocycles. The average molecular weight is 382 g/mol. The number of carbonyl (C=O) groups excluding carboxylic acids is 1. The molecule has 0 bridgehead atoms. The number of para-hydroxylation sites is 1. The van der Waals surface area contributed by atoms with Gasteiger partial charge in [-0.05, 0) is 38.0 Å². The summed E-state index contributed by atoms with van der Waals surface area (Å²) < 4.78 is 11.6. The Kier molecular flexibility index (Phi) is 5.71. The molecule has 1 aromatic carbocycles. The first-order chi connectivity index (χ1) is 13.7. The maximum atomic E-state index is 13.1. The zero-order valence-corrected chi connectivity index (χ0v) is 16.2. The Hall–Kier alpha value is -2.67. The number of amides is 1. The van der Waals surface area contributed by atoms with E-state index in [-0.39, 0.29) is 12.0 Å². The molecule has 0 radical (unpaired) electrons. The van der Waals surface area contributed by atoms with E-state index in [4.69, 9.17) is 9.47 Å². The molecule has 2 aromatic rings. The molecule has 2 aliphatic rings. The van der Waals surface area contributed by atoms with Crippen molar-refractivity contribution >= 4 is 11.7 Å². The summed E-state index contributed by atoms with van der Waals surface area (Å²) in [6, 6.07) is 9.40. The van der Waals surface area contributed by atoms with E-state index in [1.807, 2.05) is 42.2 Å². The fraction of sp³-hybridized carbons (Fsp3) is 0.476. The van der Waals surface area contributed by atoms with Gasteiger partial charge < -0.3 is 19.3 Å². The fourth-order valence-electron chi connectivity index (χ4n) is 3.66. The zero-order chi connectivity index (χ0) is 19.3. The zero-order valence-electron chi connectivity index (χ0n) is 16.2. The van der Waals surface area contributed by atoms with Gasteiger partial charge >= 0.3 is 0 Å². The van der Waals surface area contributed by atoms with E-state index in [1.165, 1.54) is 0 Å². The third-order valence-electron chi connectivity index (χ3n) is 5.22. The summed E-state index contributed by atoms with van der Waals surface area (Å²) in [7, 11) is 0. The molecule has 28 heavy (non-hydrogen) atoms. The topological polar surface area (TPSA) is 67.8 Å². The Morgan fingerprint density at radius 3 is 2.79 bits per heavy atom. The van der Waals surface area contributed by atoms with E-state index in [0.717, 1.165) is 44.2 Å². The molecule has 1 aromatic heterocycles. The van der Waals surface area contributed by atoms with Crippen LogP contribution in [0.5, 0.6) is 5.75 Å². The molecule has 7 nitrogen and oxygen atoms in total. The first-order valence-electron chi connectivity index (χ1n) is 9.88. The van der Waals surface area contributed by atoms with Crippen LogP contribution in [0.2, 0.25) is 0 Å². The van der Waals surface area contributed by atoms with Gasteiger partial charge in [0.1, 0.15) is 24.0 Å². The highest BCUT2D eigenvalue weighted by molar-refractivity contribution is 5.97. The van der Waals surface area contributed by atoms with E-state index in [2.05, 4.69) is 14.9 Å². The summed E-state index contributed by atoms with van der Waals surface area (Å²) in [4.78, 5) is 25.8. The number of rotatable bonds is 5. The maximum Gasteiger partial charge on any atom is 0.257 e. The summed E-state index contributed by atoms with van der Waals surface area (Å²) in [6.45, 7) is 5.98. The van der Waals surface area contributed by atoms with Crippen LogP contribution >= 0.6 is 0 Å². The number of anilines is 1. The van der Waals surface area contributed by atoms with E-state index < -0.39 is 0 Å². The van der Waals surface area contributed by atoms with Crippen molar-refractivity contribution in [1.29, 1.82) is 0 Å². The van der Waals surface area contributed by atoms with Crippen LogP contribution in [0.25, 0.3) is 0 Å². The highest BCUT2D eigenvalue weighted by atomic mass is 16.5. The maximum absolute atomic E-state index is 13.1. The van der Waals surface area contributed by atoms with Crippen LogP contribution in [0.1, 0.15) is 29.0 Å². The van der Waals surface area contributed by atoms with Gasteiger partial charge in [-0.2, -0.15) is 0 Å². The first-order valence-corrected chi connectivity index (χ1v) is 9.88. The second-order valence-electron chi connectivity index (χ2n) is 7.18. The molecule has 1 atom stereocenters. The summed E-state index contributed by atoms with van der Waals surface area (Å²) >= 11 is 0. The third kappa shape index (κ3) is 4.25. The molecule has 0 aliphatic carbocycles. The molecule has 3 heterocycles. The lowest BCUT2D eigenvalue weighted by Crippen LogP contribution is -2.49. The Labute approximate surface area is 165 Å². The molecule has 4 rings (SSSR count). The third-order valence-corrected chi connectivity index (χ3v) is 5.22. The quantitative estimate of drug-likeness (QED) is 0.791. The van der Waals surface area contributed by atoms with Crippen LogP contribution in [0.3, 0.4) is 0 Å². The predicted molar refractivity (Wildman–Crippen MR) is 106 cm³/mol. The molecule has 1 amide bonds. The Bertz CT molecular complexity index is 815. The van der Waals surface area contributed by atoms with Gasteiger partial charge in [0.2, 0.25) is 0 Å². The number of piperazine rings is 1. The monoisotopic (exact) mass is 382 g/mol. The van der Waals surface area contributed by atoms with Crippen molar-refractivity contribution in [2.24, 2.45) is 0 Å². The number of hydrogen-bond acceptors (Lipinski definition) is 6. The van der Waals surface area contributed by atoms with E-state index in [1.54, 1.807) is 6.20 Å². The number of carbonyl (C=O) groups is 1. The van der Waals surface area contributed by atoms with Gasteiger partial charge in [0, 0.05) is 39.0 Å². The van der Waals surface area contributed by atoms with Crippen molar-refractivity contribution in [3.63, 3.8) is 0 Å². The van der Waals surface area contributed by atoms with Crippen LogP contribution in [0, 0.1) is 6.92 Å². The smallest absolute Gasteiger partial charge is 0.257 e. The van der Waals surface area contributed by atoms with Crippen LogP contribution in [-0.4, -0.2) is 66.3 Å². The lowest BCUT2D eigenvalue weighted by atomic mass is 10.1. The summed E-state index contributed by atoms with van der Waals surface area (Å²) in [6.07, 6.45) is 3.99. The largest absolute Gasteiger partial charge is 0.490 e. The van der Waals surface area contributed by atoms with Gasteiger partial charge in [-0.1, -0.05) is 12.1 Å². The van der Waals surface area contributed by atoms with Crippen molar-refractivity contribution in [2.45, 2.75) is 25.9 Å². The van der Waals surface area contributed by atoms with Gasteiger partial charge in [0.25, 0.3) is 5.91 Å². The van der Waals surface area contributed by atoms with Gasteiger partial charge in [0.05, 0.1) is 11.7 Å². The van der Waals surface area contributed by atoms with Crippen LogP contribution < -0.4 is 9.64 Å². The van der Waals surface area contributed by atoms with Gasteiger partial charge in [-0.15, -0.1) is 0 Å². The predicted octanol–water partition coefficient (Wildman–Crippen LogP) is 2.31. The second kappa shape index (κ2) is 8.56. The minimum atomic E-state index is 0.0152. The summed E-state index contributed by atoms with van der Waals surface area (Å²) in [5.74, 6) is 2.33. The molecule has 1 unspecified atom stereocenters. The number of ether oxygens (including phenoxy) is 2. The molecule has 148 valence electrons. The van der Waals surface area contributed by atoms with Crippen LogP contribution in [-0.2, 0) is 4.74 Å². The number of hydrogen-bond donors (Lipinski definition) is 0. The van der Waals surface area contributed by atoms with Crippen molar-refractivity contribution in [2.75, 3.05) is 44.3 Å². The molecule has 2 saturated heterocycles. The second-order valence-corrected chi connectivity index (χ2v) is 7.18. The molecule has 0 saturated carbocycles. The molecule has 0 N–H and O–H groups in total. The van der Waals surface area contributed by atoms with Crippen molar-refractivity contribution in [3.05, 3.63) is 47.9 Å². The lowest BCUT2D eigenvalue weighted by molar-refractivity contribution is 0.0648. The van der Waals surface area contributed by atoms with Crippen LogP contribution in [0.15, 0.2) is 36.5 Å². The van der Waals surface area contributed by atoms with Crippen molar-refractivity contribution < 1.29 is 14.3 Å². The molecule has 2 fully saturated rings. The van der Waals surface area contributed by atoms with Gasteiger partial charge in [0.15, 0.2) is 0 Å². The standard InChI is InChI=1S/C21H26N4O3/c1-16-22-9-8-20(23-16)24-10-12-25(13-11-24)21(26)18-6-2-3-7-19(18)28-15-17-5-4-14-27-17/h2-3,6-9,17H,4-5,10-15H2,1H3. The van der Waals surface area contributed by atoms with Crippen molar-refractivity contribution in [1.82, 2.24) is 14.9 Å². The lowest BCUT2D eigenvalue weighted by Gasteiger charge is -2.35. The SMILES string of the molecule is Cc1nccc(N2CCN(C(=O)c3ccccc3OCC3CCCO3)CC2)n1. The number of benzene rings is 1. The minimum absolute atomic E-state index is 0.0152. The normalized spacial score (nSPS) is 19.7. The van der Waals surface area contributed by atoms with Crippen molar-refractivity contribution in [3.8, 4) is 5.75 Å². The van der Waals surface area contributed by atoms with Gasteiger partial charge in [-0.3, -0.25) is 4.79 Å². The van der Waals surface area contributed by atoms with E-state index >= 15 is 0 Å².